The van der Waals surface area contributed by atoms with Gasteiger partial charge in [0.1, 0.15) is 0 Å². The maximum Gasteiger partial charge on any atom is 0.303 e. The third-order valence-corrected chi connectivity index (χ3v) is 3.12. The number of aliphatic carboxylic acids is 1. The number of anilines is 1. The number of hydrogen-bond donors (Lipinski definition) is 2. The molecule has 0 spiro atoms. The van der Waals surface area contributed by atoms with E-state index in [1.54, 1.807) is 13.2 Å². The van der Waals surface area contributed by atoms with Gasteiger partial charge in [0.2, 0.25) is 10.0 Å². The van der Waals surface area contributed by atoms with Crippen LogP contribution in [0.2, 0.25) is 0 Å². The van der Waals surface area contributed by atoms with E-state index in [-0.39, 0.29) is 24.4 Å². The predicted octanol–water partition coefficient (Wildman–Crippen LogP) is 0.0266. The molecule has 1 heterocycles. The molecule has 2 N–H and O–H groups in total. The number of aromatic nitrogens is 2. The van der Waals surface area contributed by atoms with Crippen molar-refractivity contribution in [3.63, 3.8) is 0 Å². The molecule has 0 radical (unpaired) electrons. The van der Waals surface area contributed by atoms with Crippen molar-refractivity contribution in [1.29, 1.82) is 0 Å². The standard InChI is InChI=1S/C8H13N3O4S/c1-11-5-4-7(9-11)10-16(14,15)6-2-3-8(12)13/h4-5H,2-3,6H2,1H3,(H,9,10)(H,12,13). The summed E-state index contributed by atoms with van der Waals surface area (Å²) in [4.78, 5) is 10.2. The average Bonchev–Trinajstić information content (AvgIpc) is 2.48. The van der Waals surface area contributed by atoms with Gasteiger partial charge >= 0.3 is 5.97 Å². The summed E-state index contributed by atoms with van der Waals surface area (Å²) < 4.78 is 26.6. The smallest absolute Gasteiger partial charge is 0.303 e. The molecule has 1 aromatic heterocycles. The fourth-order valence-corrected chi connectivity index (χ4v) is 2.15. The maximum atomic E-state index is 11.4. The lowest BCUT2D eigenvalue weighted by atomic mass is 10.3. The van der Waals surface area contributed by atoms with E-state index in [0.717, 1.165) is 0 Å². The van der Waals surface area contributed by atoms with Crippen LogP contribution in [-0.4, -0.2) is 35.0 Å². The van der Waals surface area contributed by atoms with E-state index in [2.05, 4.69) is 9.82 Å². The Morgan fingerprint density at radius 3 is 2.81 bits per heavy atom. The molecule has 0 atom stereocenters. The fourth-order valence-electron chi connectivity index (χ4n) is 1.09. The third-order valence-electron chi connectivity index (χ3n) is 1.78. The molecule has 0 aliphatic carbocycles. The molecule has 0 bridgehead atoms. The van der Waals surface area contributed by atoms with Crippen LogP contribution < -0.4 is 4.72 Å². The van der Waals surface area contributed by atoms with Crippen molar-refractivity contribution in [2.24, 2.45) is 7.05 Å². The van der Waals surface area contributed by atoms with Crippen LogP contribution in [0.1, 0.15) is 12.8 Å². The Morgan fingerprint density at radius 2 is 2.31 bits per heavy atom. The molecular formula is C8H13N3O4S. The molecule has 0 aliphatic heterocycles. The van der Waals surface area contributed by atoms with Gasteiger partial charge in [-0.05, 0) is 6.42 Å². The number of aryl methyl sites for hydroxylation is 1. The molecular weight excluding hydrogens is 234 g/mol. The molecule has 16 heavy (non-hydrogen) atoms. The van der Waals surface area contributed by atoms with Gasteiger partial charge in [-0.1, -0.05) is 0 Å². The van der Waals surface area contributed by atoms with E-state index in [1.807, 2.05) is 0 Å². The molecule has 0 amide bonds. The maximum absolute atomic E-state index is 11.4. The first-order chi connectivity index (χ1) is 7.39. The lowest BCUT2D eigenvalue weighted by molar-refractivity contribution is -0.137. The first kappa shape index (κ1) is 12.5. The van der Waals surface area contributed by atoms with Crippen molar-refractivity contribution in [3.8, 4) is 0 Å². The van der Waals surface area contributed by atoms with Crippen LogP contribution in [0.25, 0.3) is 0 Å². The molecule has 1 aromatic rings. The van der Waals surface area contributed by atoms with Gasteiger partial charge in [0.25, 0.3) is 0 Å². The summed E-state index contributed by atoms with van der Waals surface area (Å²) in [6, 6.07) is 1.52. The highest BCUT2D eigenvalue weighted by molar-refractivity contribution is 7.92. The molecule has 0 unspecified atom stereocenters. The van der Waals surface area contributed by atoms with Crippen LogP contribution in [0, 0.1) is 0 Å². The van der Waals surface area contributed by atoms with Gasteiger partial charge in [-0.3, -0.25) is 14.2 Å². The lowest BCUT2D eigenvalue weighted by Crippen LogP contribution is -2.17. The van der Waals surface area contributed by atoms with E-state index in [9.17, 15) is 13.2 Å². The van der Waals surface area contributed by atoms with Gasteiger partial charge in [-0.25, -0.2) is 8.42 Å². The molecule has 8 heteroatoms. The Hall–Kier alpha value is -1.57. The number of nitrogens with one attached hydrogen (secondary N) is 1. The summed E-state index contributed by atoms with van der Waals surface area (Å²) in [5.41, 5.74) is 0. The highest BCUT2D eigenvalue weighted by Gasteiger charge is 2.12. The van der Waals surface area contributed by atoms with Crippen LogP contribution in [-0.2, 0) is 21.9 Å². The molecule has 0 aliphatic rings. The fraction of sp³-hybridized carbons (Fsp3) is 0.500. The third kappa shape index (κ3) is 4.30. The minimum Gasteiger partial charge on any atom is -0.481 e. The Morgan fingerprint density at radius 1 is 1.62 bits per heavy atom. The van der Waals surface area contributed by atoms with Gasteiger partial charge in [-0.15, -0.1) is 0 Å². The molecule has 0 fully saturated rings. The minimum atomic E-state index is -3.51. The van der Waals surface area contributed by atoms with E-state index >= 15 is 0 Å². The van der Waals surface area contributed by atoms with E-state index in [4.69, 9.17) is 5.11 Å². The Bertz CT molecular complexity index is 465. The van der Waals surface area contributed by atoms with Crippen molar-refractivity contribution in [1.82, 2.24) is 9.78 Å². The Kier molecular flexibility index (Phi) is 3.88. The van der Waals surface area contributed by atoms with Crippen molar-refractivity contribution in [2.45, 2.75) is 12.8 Å². The second-order valence-electron chi connectivity index (χ2n) is 3.29. The van der Waals surface area contributed by atoms with E-state index in [0.29, 0.717) is 0 Å². The van der Waals surface area contributed by atoms with Gasteiger partial charge < -0.3 is 5.11 Å². The zero-order valence-electron chi connectivity index (χ0n) is 8.75. The molecule has 1 rings (SSSR count). The molecule has 0 saturated carbocycles. The van der Waals surface area contributed by atoms with Crippen LogP contribution in [0.4, 0.5) is 5.82 Å². The first-order valence-electron chi connectivity index (χ1n) is 4.61. The number of carbonyl (C=O) groups is 1. The first-order valence-corrected chi connectivity index (χ1v) is 6.26. The van der Waals surface area contributed by atoms with Crippen LogP contribution in [0.15, 0.2) is 12.3 Å². The van der Waals surface area contributed by atoms with Crippen molar-refractivity contribution >= 4 is 21.8 Å². The van der Waals surface area contributed by atoms with Crippen LogP contribution in [0.3, 0.4) is 0 Å². The Labute approximate surface area is 93.1 Å². The summed E-state index contributed by atoms with van der Waals surface area (Å²) in [6.45, 7) is 0. The van der Waals surface area contributed by atoms with Crippen LogP contribution >= 0.6 is 0 Å². The quantitative estimate of drug-likeness (QED) is 0.738. The van der Waals surface area contributed by atoms with E-state index < -0.39 is 16.0 Å². The summed E-state index contributed by atoms with van der Waals surface area (Å²) in [7, 11) is -1.84. The predicted molar refractivity (Wildman–Crippen MR) is 57.5 cm³/mol. The number of carboxylic acid groups (broad SMARTS) is 1. The van der Waals surface area contributed by atoms with Crippen molar-refractivity contribution < 1.29 is 18.3 Å². The molecule has 7 nitrogen and oxygen atoms in total. The zero-order valence-corrected chi connectivity index (χ0v) is 9.57. The topological polar surface area (TPSA) is 101 Å². The zero-order chi connectivity index (χ0) is 12.2. The normalized spacial score (nSPS) is 11.3. The van der Waals surface area contributed by atoms with Gasteiger partial charge in [-0.2, -0.15) is 5.10 Å². The van der Waals surface area contributed by atoms with E-state index in [1.165, 1.54) is 10.7 Å². The second-order valence-corrected chi connectivity index (χ2v) is 5.13. The largest absolute Gasteiger partial charge is 0.481 e. The van der Waals surface area contributed by atoms with Crippen LogP contribution in [0.5, 0.6) is 0 Å². The second kappa shape index (κ2) is 4.97. The molecule has 0 saturated heterocycles. The number of rotatable bonds is 6. The lowest BCUT2D eigenvalue weighted by Gasteiger charge is -2.03. The highest BCUT2D eigenvalue weighted by atomic mass is 32.2. The summed E-state index contributed by atoms with van der Waals surface area (Å²) in [5, 5.41) is 12.2. The average molecular weight is 247 g/mol. The summed E-state index contributed by atoms with van der Waals surface area (Å²) >= 11 is 0. The minimum absolute atomic E-state index is 0.0809. The summed E-state index contributed by atoms with van der Waals surface area (Å²) in [6.07, 6.45) is 1.52. The highest BCUT2D eigenvalue weighted by Crippen LogP contribution is 2.06. The number of hydrogen-bond acceptors (Lipinski definition) is 4. The van der Waals surface area contributed by atoms with Crippen molar-refractivity contribution in [3.05, 3.63) is 12.3 Å². The molecule has 0 aromatic carbocycles. The van der Waals surface area contributed by atoms with Gasteiger partial charge in [0.05, 0.1) is 5.75 Å². The molecule has 90 valence electrons. The van der Waals surface area contributed by atoms with Gasteiger partial charge in [0.15, 0.2) is 5.82 Å². The number of carboxylic acids is 1. The summed E-state index contributed by atoms with van der Waals surface area (Å²) in [5.74, 6) is -0.999. The number of sulfonamides is 1. The Balaban J connectivity index is 2.49. The number of nitrogens with zero attached hydrogens (tertiary/aromatic N) is 2. The SMILES string of the molecule is Cn1ccc(NS(=O)(=O)CCCC(=O)O)n1. The van der Waals surface area contributed by atoms with Gasteiger partial charge in [0, 0.05) is 25.7 Å². The monoisotopic (exact) mass is 247 g/mol. The van der Waals surface area contributed by atoms with Crippen molar-refractivity contribution in [2.75, 3.05) is 10.5 Å².